The van der Waals surface area contributed by atoms with Gasteiger partial charge in [0.2, 0.25) is 6.79 Å². The predicted octanol–water partition coefficient (Wildman–Crippen LogP) is 2.72. The van der Waals surface area contributed by atoms with Gasteiger partial charge in [-0.25, -0.2) is 9.38 Å². The Balaban J connectivity index is 1.57. The van der Waals surface area contributed by atoms with E-state index in [1.54, 1.807) is 12.1 Å². The molecular weight excluding hydrogens is 347 g/mol. The fourth-order valence-electron chi connectivity index (χ4n) is 2.67. The first-order valence-electron chi connectivity index (χ1n) is 8.79. The minimum Gasteiger partial charge on any atom is -0.454 e. The standard InChI is InChI=1S/C20H21FN4O2/c1-2-23-20(25-12-16-5-3-15(11-22)9-17(16)21)24-8-7-14-4-6-18-19(10-14)27-13-26-18/h3-6,9-10H,2,7-8,12-13H2,1H3,(H2,23,24,25). The summed E-state index contributed by atoms with van der Waals surface area (Å²) in [5.41, 5.74) is 1.87. The molecule has 1 aliphatic heterocycles. The van der Waals surface area contributed by atoms with E-state index in [0.29, 0.717) is 30.2 Å². The number of ether oxygens (including phenoxy) is 2. The first-order chi connectivity index (χ1) is 13.2. The molecule has 0 aromatic heterocycles. The summed E-state index contributed by atoms with van der Waals surface area (Å²) in [4.78, 5) is 4.42. The second-order valence-electron chi connectivity index (χ2n) is 5.98. The third-order valence-corrected chi connectivity index (χ3v) is 4.08. The molecule has 0 saturated heterocycles. The van der Waals surface area contributed by atoms with Gasteiger partial charge in [-0.15, -0.1) is 0 Å². The van der Waals surface area contributed by atoms with E-state index >= 15 is 0 Å². The molecule has 0 atom stereocenters. The van der Waals surface area contributed by atoms with Crippen LogP contribution in [0.15, 0.2) is 41.4 Å². The van der Waals surface area contributed by atoms with Gasteiger partial charge in [-0.05, 0) is 43.2 Å². The summed E-state index contributed by atoms with van der Waals surface area (Å²) in [5.74, 6) is 1.73. The summed E-state index contributed by atoms with van der Waals surface area (Å²) in [6, 6.07) is 12.2. The van der Waals surface area contributed by atoms with Crippen LogP contribution in [0.3, 0.4) is 0 Å². The van der Waals surface area contributed by atoms with Crippen LogP contribution >= 0.6 is 0 Å². The van der Waals surface area contributed by atoms with Gasteiger partial charge in [0.1, 0.15) is 5.82 Å². The molecule has 7 heteroatoms. The summed E-state index contributed by atoms with van der Waals surface area (Å²) in [5, 5.41) is 15.2. The summed E-state index contributed by atoms with van der Waals surface area (Å²) in [7, 11) is 0. The Bertz CT molecular complexity index is 877. The number of hydrogen-bond acceptors (Lipinski definition) is 4. The lowest BCUT2D eigenvalue weighted by Crippen LogP contribution is -2.38. The van der Waals surface area contributed by atoms with E-state index in [9.17, 15) is 4.39 Å². The average Bonchev–Trinajstić information content (AvgIpc) is 3.14. The summed E-state index contributed by atoms with van der Waals surface area (Å²) in [6.45, 7) is 3.79. The molecule has 0 radical (unpaired) electrons. The topological polar surface area (TPSA) is 78.7 Å². The van der Waals surface area contributed by atoms with E-state index in [1.165, 1.54) is 6.07 Å². The highest BCUT2D eigenvalue weighted by Gasteiger charge is 2.13. The van der Waals surface area contributed by atoms with Gasteiger partial charge in [-0.2, -0.15) is 5.26 Å². The number of nitrogens with one attached hydrogen (secondary N) is 2. The molecule has 0 amide bonds. The lowest BCUT2D eigenvalue weighted by atomic mass is 10.1. The zero-order chi connectivity index (χ0) is 19.1. The molecule has 0 spiro atoms. The summed E-state index contributed by atoms with van der Waals surface area (Å²) in [6.07, 6.45) is 0.784. The van der Waals surface area contributed by atoms with Crippen LogP contribution in [0.4, 0.5) is 4.39 Å². The SMILES string of the molecule is CCNC(=NCc1ccc(C#N)cc1F)NCCc1ccc2c(c1)OCO2. The highest BCUT2D eigenvalue weighted by atomic mass is 19.1. The van der Waals surface area contributed by atoms with Crippen LogP contribution < -0.4 is 20.1 Å². The van der Waals surface area contributed by atoms with Crippen LogP contribution in [0, 0.1) is 17.1 Å². The van der Waals surface area contributed by atoms with Crippen LogP contribution in [-0.4, -0.2) is 25.8 Å². The Morgan fingerprint density at radius 2 is 2.04 bits per heavy atom. The average molecular weight is 368 g/mol. The highest BCUT2D eigenvalue weighted by Crippen LogP contribution is 2.32. The molecule has 0 unspecified atom stereocenters. The molecule has 0 aliphatic carbocycles. The monoisotopic (exact) mass is 368 g/mol. The second kappa shape index (κ2) is 8.90. The van der Waals surface area contributed by atoms with E-state index < -0.39 is 5.82 Å². The Morgan fingerprint density at radius 1 is 1.19 bits per heavy atom. The van der Waals surface area contributed by atoms with Gasteiger partial charge in [0.05, 0.1) is 18.2 Å². The van der Waals surface area contributed by atoms with E-state index in [-0.39, 0.29) is 13.3 Å². The van der Waals surface area contributed by atoms with Crippen LogP contribution in [-0.2, 0) is 13.0 Å². The van der Waals surface area contributed by atoms with Gasteiger partial charge >= 0.3 is 0 Å². The quantitative estimate of drug-likeness (QED) is 0.605. The molecule has 27 heavy (non-hydrogen) atoms. The molecule has 6 nitrogen and oxygen atoms in total. The maximum absolute atomic E-state index is 14.0. The van der Waals surface area contributed by atoms with Gasteiger partial charge in [-0.1, -0.05) is 12.1 Å². The van der Waals surface area contributed by atoms with Crippen molar-refractivity contribution in [3.8, 4) is 17.6 Å². The van der Waals surface area contributed by atoms with Crippen molar-refractivity contribution in [3.63, 3.8) is 0 Å². The number of hydrogen-bond donors (Lipinski definition) is 2. The van der Waals surface area contributed by atoms with Crippen LogP contribution in [0.5, 0.6) is 11.5 Å². The minimum atomic E-state index is -0.422. The third-order valence-electron chi connectivity index (χ3n) is 4.08. The van der Waals surface area contributed by atoms with Gasteiger partial charge in [0.25, 0.3) is 0 Å². The van der Waals surface area contributed by atoms with Crippen LogP contribution in [0.25, 0.3) is 0 Å². The third kappa shape index (κ3) is 4.88. The molecule has 2 N–H and O–H groups in total. The molecule has 1 heterocycles. The maximum atomic E-state index is 14.0. The van der Waals surface area contributed by atoms with E-state index in [4.69, 9.17) is 14.7 Å². The Morgan fingerprint density at radius 3 is 2.81 bits per heavy atom. The molecule has 1 aliphatic rings. The van der Waals surface area contributed by atoms with Crippen molar-refractivity contribution in [3.05, 3.63) is 58.9 Å². The largest absolute Gasteiger partial charge is 0.454 e. The normalized spacial score (nSPS) is 12.6. The number of aliphatic imine (C=N–C) groups is 1. The fraction of sp³-hybridized carbons (Fsp3) is 0.300. The van der Waals surface area contributed by atoms with Crippen molar-refractivity contribution < 1.29 is 13.9 Å². The number of nitrogens with zero attached hydrogens (tertiary/aromatic N) is 2. The van der Waals surface area contributed by atoms with Gasteiger partial charge in [-0.3, -0.25) is 0 Å². The number of halogens is 1. The van der Waals surface area contributed by atoms with Crippen molar-refractivity contribution in [2.75, 3.05) is 19.9 Å². The minimum absolute atomic E-state index is 0.191. The lowest BCUT2D eigenvalue weighted by Gasteiger charge is -2.12. The van der Waals surface area contributed by atoms with E-state index in [2.05, 4.69) is 15.6 Å². The zero-order valence-corrected chi connectivity index (χ0v) is 15.1. The molecular formula is C20H21FN4O2. The van der Waals surface area contributed by atoms with Gasteiger partial charge in [0.15, 0.2) is 17.5 Å². The molecule has 0 fully saturated rings. The molecule has 3 rings (SSSR count). The van der Waals surface area contributed by atoms with Crippen molar-refractivity contribution in [1.29, 1.82) is 5.26 Å². The van der Waals surface area contributed by atoms with E-state index in [0.717, 1.165) is 23.5 Å². The summed E-state index contributed by atoms with van der Waals surface area (Å²) < 4.78 is 24.7. The Labute approximate surface area is 157 Å². The van der Waals surface area contributed by atoms with Crippen LogP contribution in [0.1, 0.15) is 23.6 Å². The molecule has 0 saturated carbocycles. The number of rotatable bonds is 6. The predicted molar refractivity (Wildman–Crippen MR) is 100 cm³/mol. The molecule has 2 aromatic carbocycles. The molecule has 140 valence electrons. The lowest BCUT2D eigenvalue weighted by molar-refractivity contribution is 0.174. The number of nitriles is 1. The second-order valence-corrected chi connectivity index (χ2v) is 5.98. The van der Waals surface area contributed by atoms with Crippen LogP contribution in [0.2, 0.25) is 0 Å². The van der Waals surface area contributed by atoms with Crippen molar-refractivity contribution in [2.24, 2.45) is 4.99 Å². The van der Waals surface area contributed by atoms with Crippen molar-refractivity contribution in [2.45, 2.75) is 19.9 Å². The zero-order valence-electron chi connectivity index (χ0n) is 15.1. The fourth-order valence-corrected chi connectivity index (χ4v) is 2.67. The van der Waals surface area contributed by atoms with Crippen molar-refractivity contribution in [1.82, 2.24) is 10.6 Å². The maximum Gasteiger partial charge on any atom is 0.231 e. The smallest absolute Gasteiger partial charge is 0.231 e. The Hall–Kier alpha value is -3.27. The highest BCUT2D eigenvalue weighted by molar-refractivity contribution is 5.79. The number of fused-ring (bicyclic) bond motifs is 1. The van der Waals surface area contributed by atoms with Gasteiger partial charge in [0, 0.05) is 18.7 Å². The van der Waals surface area contributed by atoms with Gasteiger partial charge < -0.3 is 20.1 Å². The molecule has 2 aromatic rings. The van der Waals surface area contributed by atoms with Crippen molar-refractivity contribution >= 4 is 5.96 Å². The first-order valence-corrected chi connectivity index (χ1v) is 8.79. The first kappa shape index (κ1) is 18.5. The Kier molecular flexibility index (Phi) is 6.10. The summed E-state index contributed by atoms with van der Waals surface area (Å²) >= 11 is 0. The molecule has 0 bridgehead atoms. The van der Waals surface area contributed by atoms with E-state index in [1.807, 2.05) is 31.2 Å². The number of guanidine groups is 1. The number of benzene rings is 2.